The van der Waals surface area contributed by atoms with Crippen LogP contribution in [0.3, 0.4) is 0 Å². The van der Waals surface area contributed by atoms with E-state index in [1.54, 1.807) is 4.90 Å². The van der Waals surface area contributed by atoms with Gasteiger partial charge in [-0.1, -0.05) is 6.08 Å². The molecule has 0 fully saturated rings. The lowest BCUT2D eigenvalue weighted by Gasteiger charge is -2.24. The first kappa shape index (κ1) is 13.5. The molecule has 0 aromatic rings. The SMILES string of the molecule is C/N=C(C1=CCN(C=O)CC1)\C(C)=C(/C)NC. The van der Waals surface area contributed by atoms with Crippen molar-refractivity contribution in [3.8, 4) is 0 Å². The first-order valence-corrected chi connectivity index (χ1v) is 5.85. The van der Waals surface area contributed by atoms with Gasteiger partial charge in [-0.3, -0.25) is 9.79 Å². The Balaban J connectivity index is 2.92. The molecule has 1 N–H and O–H groups in total. The van der Waals surface area contributed by atoms with Crippen molar-refractivity contribution in [2.24, 2.45) is 4.99 Å². The minimum absolute atomic E-state index is 0.684. The van der Waals surface area contributed by atoms with Gasteiger partial charge in [0, 0.05) is 32.9 Å². The van der Waals surface area contributed by atoms with Crippen LogP contribution in [0.15, 0.2) is 27.9 Å². The maximum absolute atomic E-state index is 10.6. The van der Waals surface area contributed by atoms with Crippen LogP contribution in [0.25, 0.3) is 0 Å². The minimum atomic E-state index is 0.684. The molecule has 0 aromatic heterocycles. The summed E-state index contributed by atoms with van der Waals surface area (Å²) in [5.41, 5.74) is 4.57. The predicted molar refractivity (Wildman–Crippen MR) is 71.1 cm³/mol. The zero-order chi connectivity index (χ0) is 12.8. The molecular weight excluding hydrogens is 214 g/mol. The van der Waals surface area contributed by atoms with E-state index in [1.807, 2.05) is 21.0 Å². The van der Waals surface area contributed by atoms with Crippen molar-refractivity contribution in [3.63, 3.8) is 0 Å². The molecule has 1 heterocycles. The van der Waals surface area contributed by atoms with E-state index in [4.69, 9.17) is 0 Å². The summed E-state index contributed by atoms with van der Waals surface area (Å²) in [7, 11) is 3.73. The van der Waals surface area contributed by atoms with E-state index in [0.29, 0.717) is 6.54 Å². The highest BCUT2D eigenvalue weighted by molar-refractivity contribution is 6.12. The largest absolute Gasteiger partial charge is 0.391 e. The Morgan fingerprint density at radius 2 is 2.24 bits per heavy atom. The molecule has 1 aliphatic rings. The van der Waals surface area contributed by atoms with Crippen molar-refractivity contribution in [3.05, 3.63) is 22.9 Å². The Kier molecular flexibility index (Phi) is 4.94. The number of rotatable bonds is 4. The molecule has 0 unspecified atom stereocenters. The smallest absolute Gasteiger partial charge is 0.209 e. The second-order valence-corrected chi connectivity index (χ2v) is 4.15. The van der Waals surface area contributed by atoms with Gasteiger partial charge in [0.25, 0.3) is 0 Å². The molecule has 1 amide bonds. The fourth-order valence-corrected chi connectivity index (χ4v) is 1.91. The maximum atomic E-state index is 10.6. The van der Waals surface area contributed by atoms with Crippen molar-refractivity contribution >= 4 is 12.1 Å². The van der Waals surface area contributed by atoms with E-state index in [2.05, 4.69) is 23.3 Å². The molecule has 0 radical (unpaired) electrons. The summed E-state index contributed by atoms with van der Waals surface area (Å²) in [6.07, 6.45) is 3.87. The predicted octanol–water partition coefficient (Wildman–Crippen LogP) is 1.36. The Labute approximate surface area is 103 Å². The number of carbonyl (C=O) groups is 1. The molecule has 1 rings (SSSR count). The van der Waals surface area contributed by atoms with Gasteiger partial charge in [-0.05, 0) is 31.4 Å². The monoisotopic (exact) mass is 235 g/mol. The number of amides is 1. The van der Waals surface area contributed by atoms with Gasteiger partial charge in [0.2, 0.25) is 6.41 Å². The van der Waals surface area contributed by atoms with Gasteiger partial charge in [0.15, 0.2) is 0 Å². The van der Waals surface area contributed by atoms with Crippen molar-refractivity contribution in [1.29, 1.82) is 0 Å². The molecule has 4 heteroatoms. The van der Waals surface area contributed by atoms with Crippen LogP contribution in [0.2, 0.25) is 0 Å². The topological polar surface area (TPSA) is 44.7 Å². The van der Waals surface area contributed by atoms with Gasteiger partial charge in [-0.25, -0.2) is 0 Å². The molecule has 0 aromatic carbocycles. The number of hydrogen-bond donors (Lipinski definition) is 1. The van der Waals surface area contributed by atoms with E-state index >= 15 is 0 Å². The zero-order valence-corrected chi connectivity index (χ0v) is 11.1. The number of allylic oxidation sites excluding steroid dienone is 2. The number of carbonyl (C=O) groups excluding carboxylic acids is 1. The van der Waals surface area contributed by atoms with E-state index in [-0.39, 0.29) is 0 Å². The zero-order valence-electron chi connectivity index (χ0n) is 11.1. The second-order valence-electron chi connectivity index (χ2n) is 4.15. The molecule has 0 aliphatic carbocycles. The molecule has 0 bridgehead atoms. The van der Waals surface area contributed by atoms with Crippen LogP contribution < -0.4 is 5.32 Å². The summed E-state index contributed by atoms with van der Waals surface area (Å²) in [5.74, 6) is 0. The van der Waals surface area contributed by atoms with Crippen LogP contribution in [0.1, 0.15) is 20.3 Å². The van der Waals surface area contributed by atoms with Crippen LogP contribution in [-0.2, 0) is 4.79 Å². The van der Waals surface area contributed by atoms with Gasteiger partial charge in [-0.15, -0.1) is 0 Å². The summed E-state index contributed by atoms with van der Waals surface area (Å²) in [4.78, 5) is 16.8. The minimum Gasteiger partial charge on any atom is -0.391 e. The number of nitrogens with zero attached hydrogens (tertiary/aromatic N) is 2. The highest BCUT2D eigenvalue weighted by atomic mass is 16.1. The maximum Gasteiger partial charge on any atom is 0.209 e. The standard InChI is InChI=1S/C13H21N3O/c1-10(11(2)14-3)13(15-4)12-5-7-16(9-17)8-6-12/h5,9,14H,6-8H2,1-4H3/b11-10+,15-13+. The number of aliphatic imine (C=N–C) groups is 1. The van der Waals surface area contributed by atoms with Gasteiger partial charge in [0.05, 0.1) is 5.71 Å². The summed E-state index contributed by atoms with van der Waals surface area (Å²) in [5, 5.41) is 3.14. The van der Waals surface area contributed by atoms with Crippen LogP contribution in [0.5, 0.6) is 0 Å². The summed E-state index contributed by atoms with van der Waals surface area (Å²) < 4.78 is 0. The van der Waals surface area contributed by atoms with E-state index in [1.165, 1.54) is 11.1 Å². The number of hydrogen-bond acceptors (Lipinski definition) is 3. The van der Waals surface area contributed by atoms with Crippen LogP contribution in [0, 0.1) is 0 Å². The molecule has 4 nitrogen and oxygen atoms in total. The molecule has 0 saturated heterocycles. The highest BCUT2D eigenvalue weighted by Crippen LogP contribution is 2.17. The van der Waals surface area contributed by atoms with Crippen LogP contribution in [-0.4, -0.2) is 44.2 Å². The normalized spacial score (nSPS) is 18.5. The third-order valence-electron chi connectivity index (χ3n) is 3.21. The Bertz CT molecular complexity index is 380. The van der Waals surface area contributed by atoms with Gasteiger partial charge < -0.3 is 10.2 Å². The summed E-state index contributed by atoms with van der Waals surface area (Å²) in [6, 6.07) is 0. The Hall–Kier alpha value is -1.58. The average molecular weight is 235 g/mol. The van der Waals surface area contributed by atoms with E-state index in [9.17, 15) is 4.79 Å². The first-order chi connectivity index (χ1) is 8.13. The third-order valence-corrected chi connectivity index (χ3v) is 3.21. The Morgan fingerprint density at radius 1 is 1.53 bits per heavy atom. The summed E-state index contributed by atoms with van der Waals surface area (Å²) in [6.45, 7) is 5.58. The third kappa shape index (κ3) is 3.19. The van der Waals surface area contributed by atoms with Crippen molar-refractivity contribution in [2.75, 3.05) is 27.2 Å². The van der Waals surface area contributed by atoms with Crippen molar-refractivity contribution in [1.82, 2.24) is 10.2 Å². The van der Waals surface area contributed by atoms with Gasteiger partial charge >= 0.3 is 0 Å². The summed E-state index contributed by atoms with van der Waals surface area (Å²) >= 11 is 0. The van der Waals surface area contributed by atoms with Crippen molar-refractivity contribution < 1.29 is 4.79 Å². The molecule has 1 aliphatic heterocycles. The lowest BCUT2D eigenvalue weighted by Crippen LogP contribution is -2.29. The molecule has 94 valence electrons. The average Bonchev–Trinajstić information content (AvgIpc) is 2.39. The highest BCUT2D eigenvalue weighted by Gasteiger charge is 2.15. The van der Waals surface area contributed by atoms with Gasteiger partial charge in [0.1, 0.15) is 0 Å². The van der Waals surface area contributed by atoms with Crippen LogP contribution >= 0.6 is 0 Å². The van der Waals surface area contributed by atoms with E-state index in [0.717, 1.165) is 30.8 Å². The fourth-order valence-electron chi connectivity index (χ4n) is 1.91. The van der Waals surface area contributed by atoms with E-state index < -0.39 is 0 Å². The fraction of sp³-hybridized carbons (Fsp3) is 0.538. The molecule has 0 spiro atoms. The van der Waals surface area contributed by atoms with Crippen molar-refractivity contribution in [2.45, 2.75) is 20.3 Å². The lowest BCUT2D eigenvalue weighted by atomic mass is 9.97. The second kappa shape index (κ2) is 6.23. The quantitative estimate of drug-likeness (QED) is 0.590. The first-order valence-electron chi connectivity index (χ1n) is 5.85. The lowest BCUT2D eigenvalue weighted by molar-refractivity contribution is -0.117. The molecule has 0 atom stereocenters. The molecule has 0 saturated carbocycles. The van der Waals surface area contributed by atoms with Gasteiger partial charge in [-0.2, -0.15) is 0 Å². The Morgan fingerprint density at radius 3 is 2.65 bits per heavy atom. The molecular formula is C13H21N3O. The van der Waals surface area contributed by atoms with Crippen LogP contribution in [0.4, 0.5) is 0 Å². The number of nitrogens with one attached hydrogen (secondary N) is 1. The molecule has 17 heavy (non-hydrogen) atoms.